The highest BCUT2D eigenvalue weighted by Gasteiger charge is 2.19. The van der Waals surface area contributed by atoms with E-state index in [1.807, 2.05) is 6.08 Å². The van der Waals surface area contributed by atoms with Gasteiger partial charge in [-0.2, -0.15) is 0 Å². The molecule has 404 valence electrons. The van der Waals surface area contributed by atoms with Crippen molar-refractivity contribution in [2.75, 3.05) is 13.2 Å². The second-order valence-corrected chi connectivity index (χ2v) is 17.7. The van der Waals surface area contributed by atoms with Crippen LogP contribution in [0.3, 0.4) is 0 Å². The lowest BCUT2D eigenvalue weighted by atomic mass is 10.1. The number of carbonyl (C=O) groups excluding carboxylic acids is 3. The molecule has 1 atom stereocenters. The third-order valence-corrected chi connectivity index (χ3v) is 10.9. The number of hydrogen-bond acceptors (Lipinski definition) is 6. The van der Waals surface area contributed by atoms with Crippen LogP contribution in [-0.4, -0.2) is 37.2 Å². The van der Waals surface area contributed by atoms with Crippen molar-refractivity contribution >= 4 is 17.9 Å². The lowest BCUT2D eigenvalue weighted by Crippen LogP contribution is -2.30. The van der Waals surface area contributed by atoms with Gasteiger partial charge in [-0.25, -0.2) is 0 Å². The first-order chi connectivity index (χ1) is 36.0. The summed E-state index contributed by atoms with van der Waals surface area (Å²) in [7, 11) is 0. The molecule has 0 spiro atoms. The van der Waals surface area contributed by atoms with Crippen LogP contribution in [0.1, 0.15) is 201 Å². The van der Waals surface area contributed by atoms with Gasteiger partial charge < -0.3 is 14.2 Å². The van der Waals surface area contributed by atoms with Crippen LogP contribution in [-0.2, 0) is 28.6 Å². The lowest BCUT2D eigenvalue weighted by Gasteiger charge is -2.18. The molecule has 0 bridgehead atoms. The van der Waals surface area contributed by atoms with E-state index in [2.05, 4.69) is 191 Å². The van der Waals surface area contributed by atoms with Crippen molar-refractivity contribution in [1.29, 1.82) is 0 Å². The molecule has 0 aromatic heterocycles. The molecule has 73 heavy (non-hydrogen) atoms. The SMILES string of the molecule is CC/C=C\C/C=C\C/C=C\C/C=C\C/C=C\C/C=C\C/C=C\C/C=C\C/C=C\CCCC(=O)OCC(COC(=O)CCCCCCC/C=C\CCCC)OC(=O)C/C=C\C/C=C\C/C=C\C/C=C\C/C=C\CC. The molecule has 0 aliphatic carbocycles. The van der Waals surface area contributed by atoms with E-state index in [1.165, 1.54) is 19.3 Å². The van der Waals surface area contributed by atoms with Crippen molar-refractivity contribution in [3.8, 4) is 0 Å². The Morgan fingerprint density at radius 1 is 0.301 bits per heavy atom. The zero-order chi connectivity index (χ0) is 52.9. The highest BCUT2D eigenvalue weighted by molar-refractivity contribution is 5.72. The Labute approximate surface area is 446 Å². The summed E-state index contributed by atoms with van der Waals surface area (Å²) < 4.78 is 16.6. The number of carbonyl (C=O) groups is 3. The molecule has 0 amide bonds. The van der Waals surface area contributed by atoms with E-state index < -0.39 is 12.1 Å². The van der Waals surface area contributed by atoms with Crippen LogP contribution < -0.4 is 0 Å². The maximum atomic E-state index is 12.8. The Bertz CT molecular complexity index is 1770. The Hall–Kier alpha value is -5.49. The van der Waals surface area contributed by atoms with Crippen LogP contribution in [0, 0.1) is 0 Å². The number of hydrogen-bond donors (Lipinski definition) is 0. The molecule has 0 radical (unpaired) electrons. The van der Waals surface area contributed by atoms with Gasteiger partial charge in [-0.05, 0) is 128 Å². The first-order valence-corrected chi connectivity index (χ1v) is 28.3. The van der Waals surface area contributed by atoms with Crippen LogP contribution >= 0.6 is 0 Å². The molecule has 0 aliphatic heterocycles. The summed E-state index contributed by atoms with van der Waals surface area (Å²) in [6.45, 7) is 6.20. The molecule has 0 rings (SSSR count). The highest BCUT2D eigenvalue weighted by atomic mass is 16.6. The van der Waals surface area contributed by atoms with E-state index in [0.29, 0.717) is 19.3 Å². The summed E-state index contributed by atoms with van der Waals surface area (Å²) in [5.41, 5.74) is 0. The summed E-state index contributed by atoms with van der Waals surface area (Å²) in [6, 6.07) is 0. The topological polar surface area (TPSA) is 78.9 Å². The zero-order valence-electron chi connectivity index (χ0n) is 46.1. The fourth-order valence-electron chi connectivity index (χ4n) is 6.73. The Kier molecular flexibility index (Phi) is 54.6. The third-order valence-electron chi connectivity index (χ3n) is 10.9. The molecular weight excluding hydrogens is 901 g/mol. The molecule has 6 nitrogen and oxygen atoms in total. The predicted molar refractivity (Wildman–Crippen MR) is 315 cm³/mol. The lowest BCUT2D eigenvalue weighted by molar-refractivity contribution is -0.166. The maximum absolute atomic E-state index is 12.8. The summed E-state index contributed by atoms with van der Waals surface area (Å²) in [4.78, 5) is 38.0. The van der Waals surface area contributed by atoms with E-state index in [1.54, 1.807) is 6.08 Å². The number of rotatable bonds is 48. The van der Waals surface area contributed by atoms with Gasteiger partial charge in [0.25, 0.3) is 0 Å². The largest absolute Gasteiger partial charge is 0.462 e. The monoisotopic (exact) mass is 1000 g/mol. The van der Waals surface area contributed by atoms with Gasteiger partial charge in [0, 0.05) is 12.8 Å². The average Bonchev–Trinajstić information content (AvgIpc) is 3.39. The van der Waals surface area contributed by atoms with Gasteiger partial charge >= 0.3 is 17.9 Å². The van der Waals surface area contributed by atoms with E-state index in [-0.39, 0.29) is 38.0 Å². The van der Waals surface area contributed by atoms with Crippen LogP contribution in [0.5, 0.6) is 0 Å². The minimum atomic E-state index is -0.869. The Morgan fingerprint density at radius 3 is 0.973 bits per heavy atom. The molecule has 0 fully saturated rings. The summed E-state index contributed by atoms with van der Waals surface area (Å²) in [5.74, 6) is -1.17. The molecule has 1 unspecified atom stereocenters. The number of allylic oxidation sites excluding steroid dienone is 29. The molecule has 0 N–H and O–H groups in total. The maximum Gasteiger partial charge on any atom is 0.310 e. The van der Waals surface area contributed by atoms with Crippen LogP contribution in [0.2, 0.25) is 0 Å². The van der Waals surface area contributed by atoms with Gasteiger partial charge in [-0.15, -0.1) is 0 Å². The van der Waals surface area contributed by atoms with Gasteiger partial charge in [0.1, 0.15) is 13.2 Å². The molecule has 0 saturated heterocycles. The van der Waals surface area contributed by atoms with Crippen molar-refractivity contribution in [2.45, 2.75) is 207 Å². The van der Waals surface area contributed by atoms with Gasteiger partial charge in [-0.1, -0.05) is 235 Å². The van der Waals surface area contributed by atoms with Crippen LogP contribution in [0.4, 0.5) is 0 Å². The molecule has 0 aromatic rings. The fourth-order valence-corrected chi connectivity index (χ4v) is 6.73. The molecule has 0 aromatic carbocycles. The number of unbranched alkanes of at least 4 members (excludes halogenated alkanes) is 8. The molecule has 0 aliphatic rings. The molecule has 0 heterocycles. The summed E-state index contributed by atoms with van der Waals surface area (Å²) in [5, 5.41) is 0. The average molecular weight is 1000 g/mol. The van der Waals surface area contributed by atoms with Crippen LogP contribution in [0.15, 0.2) is 182 Å². The van der Waals surface area contributed by atoms with Gasteiger partial charge in [-0.3, -0.25) is 14.4 Å². The standard InChI is InChI=1S/C67H100O6/c1-4-7-10-13-16-19-22-24-26-27-28-29-30-31-32-33-34-35-36-37-38-39-41-42-45-48-51-54-57-60-66(69)72-63-64(62-71-65(68)59-56-53-50-47-44-21-18-15-12-9-6-3)73-67(70)61-58-55-52-49-46-43-40-25-23-20-17-14-11-8-5-2/h7-8,10-11,15-20,24-26,28-29,31-32,34-35,37-38,40-42,46,48-49,51,55,58,64H,4-6,9,12-14,21-23,27,30,33,36,39,43-45,47,50,52-54,56-57,59-63H2,1-3H3/b10-7-,11-8-,18-15-,19-16-,20-17-,26-24-,29-28-,32-31-,35-34-,38-37-,40-25-,42-41-,49-46-,51-48-,58-55-. The van der Waals surface area contributed by atoms with Crippen molar-refractivity contribution in [3.05, 3.63) is 182 Å². The smallest absolute Gasteiger partial charge is 0.310 e. The Balaban J connectivity index is 4.52. The first kappa shape index (κ1) is 67.5. The van der Waals surface area contributed by atoms with Crippen LogP contribution in [0.25, 0.3) is 0 Å². The quantitative estimate of drug-likeness (QED) is 0.0262. The minimum Gasteiger partial charge on any atom is -0.462 e. The number of esters is 3. The summed E-state index contributed by atoms with van der Waals surface area (Å²) in [6.07, 6.45) is 89.2. The predicted octanol–water partition coefficient (Wildman–Crippen LogP) is 19.3. The molecule has 0 saturated carbocycles. The van der Waals surface area contributed by atoms with Gasteiger partial charge in [0.2, 0.25) is 0 Å². The fraction of sp³-hybridized carbons (Fsp3) is 0.507. The Morgan fingerprint density at radius 2 is 0.589 bits per heavy atom. The third kappa shape index (κ3) is 57.3. The van der Waals surface area contributed by atoms with Crippen molar-refractivity contribution in [2.24, 2.45) is 0 Å². The zero-order valence-corrected chi connectivity index (χ0v) is 46.1. The second kappa shape index (κ2) is 59.1. The number of ether oxygens (including phenoxy) is 3. The first-order valence-electron chi connectivity index (χ1n) is 28.3. The van der Waals surface area contributed by atoms with Crippen molar-refractivity contribution in [1.82, 2.24) is 0 Å². The molecular formula is C67H100O6. The molecule has 6 heteroatoms. The van der Waals surface area contributed by atoms with E-state index in [9.17, 15) is 14.4 Å². The minimum absolute atomic E-state index is 0.0732. The van der Waals surface area contributed by atoms with Gasteiger partial charge in [0.05, 0.1) is 6.42 Å². The normalized spacial score (nSPS) is 13.5. The van der Waals surface area contributed by atoms with E-state index in [0.717, 1.165) is 128 Å². The van der Waals surface area contributed by atoms with E-state index in [4.69, 9.17) is 14.2 Å². The van der Waals surface area contributed by atoms with Crippen molar-refractivity contribution in [3.63, 3.8) is 0 Å². The second-order valence-electron chi connectivity index (χ2n) is 17.7. The van der Waals surface area contributed by atoms with Crippen molar-refractivity contribution < 1.29 is 28.6 Å². The highest BCUT2D eigenvalue weighted by Crippen LogP contribution is 2.11. The summed E-state index contributed by atoms with van der Waals surface area (Å²) >= 11 is 0. The van der Waals surface area contributed by atoms with Gasteiger partial charge in [0.15, 0.2) is 6.10 Å². The van der Waals surface area contributed by atoms with E-state index >= 15 is 0 Å².